The van der Waals surface area contributed by atoms with Crippen molar-refractivity contribution in [3.05, 3.63) is 72.0 Å². The molecule has 3 heterocycles. The maximum Gasteiger partial charge on any atom is 0.275 e. The number of aromatic nitrogens is 5. The number of hydrogen-bond acceptors (Lipinski definition) is 6. The van der Waals surface area contributed by atoms with Gasteiger partial charge in [0, 0.05) is 24.4 Å². The zero-order valence-electron chi connectivity index (χ0n) is 15.8. The van der Waals surface area contributed by atoms with Crippen LogP contribution in [0, 0.1) is 12.7 Å². The Morgan fingerprint density at radius 2 is 2.10 bits per heavy atom. The molecule has 1 aromatic carbocycles. The van der Waals surface area contributed by atoms with E-state index >= 15 is 0 Å². The predicted molar refractivity (Wildman–Crippen MR) is 103 cm³/mol. The van der Waals surface area contributed by atoms with Crippen LogP contribution in [0.4, 0.5) is 10.1 Å². The first-order valence-corrected chi connectivity index (χ1v) is 8.94. The molecule has 9 heteroatoms. The van der Waals surface area contributed by atoms with Gasteiger partial charge in [-0.2, -0.15) is 4.98 Å². The first-order valence-electron chi connectivity index (χ1n) is 8.94. The molecule has 0 spiro atoms. The van der Waals surface area contributed by atoms with Gasteiger partial charge in [-0.05, 0) is 36.8 Å². The van der Waals surface area contributed by atoms with Crippen LogP contribution in [0.15, 0.2) is 53.6 Å². The Bertz CT molecular complexity index is 1180. The van der Waals surface area contributed by atoms with Crippen LogP contribution in [0.3, 0.4) is 0 Å². The number of anilines is 1. The van der Waals surface area contributed by atoms with Crippen molar-refractivity contribution >= 4 is 11.6 Å². The fourth-order valence-corrected chi connectivity index (χ4v) is 2.68. The Morgan fingerprint density at radius 3 is 2.86 bits per heavy atom. The van der Waals surface area contributed by atoms with Crippen LogP contribution in [-0.4, -0.2) is 30.6 Å². The minimum Gasteiger partial charge on any atom is -0.334 e. The third kappa shape index (κ3) is 3.88. The SMILES string of the molecule is CCc1noc(-c2ccnc(-n3cnc(C(=O)Nc4ccc(C)cc4F)c3)c2)n1. The second kappa shape index (κ2) is 7.63. The zero-order chi connectivity index (χ0) is 20.4. The van der Waals surface area contributed by atoms with Gasteiger partial charge in [0.15, 0.2) is 5.82 Å². The van der Waals surface area contributed by atoms with Gasteiger partial charge in [0.05, 0.1) is 5.69 Å². The van der Waals surface area contributed by atoms with E-state index in [2.05, 4.69) is 25.4 Å². The number of aryl methyl sites for hydroxylation is 2. The Labute approximate surface area is 165 Å². The summed E-state index contributed by atoms with van der Waals surface area (Å²) >= 11 is 0. The van der Waals surface area contributed by atoms with Gasteiger partial charge in [0.1, 0.15) is 23.7 Å². The fraction of sp³-hybridized carbons (Fsp3) is 0.150. The number of benzene rings is 1. The van der Waals surface area contributed by atoms with E-state index in [1.165, 1.54) is 24.7 Å². The number of hydrogen-bond donors (Lipinski definition) is 1. The summed E-state index contributed by atoms with van der Waals surface area (Å²) in [6.45, 7) is 3.71. The van der Waals surface area contributed by atoms with Crippen molar-refractivity contribution < 1.29 is 13.7 Å². The van der Waals surface area contributed by atoms with Gasteiger partial charge in [0.25, 0.3) is 11.8 Å². The Hall–Kier alpha value is -3.88. The molecule has 0 saturated heterocycles. The molecule has 4 rings (SSSR count). The molecule has 1 N–H and O–H groups in total. The third-order valence-electron chi connectivity index (χ3n) is 4.23. The van der Waals surface area contributed by atoms with Crippen LogP contribution < -0.4 is 5.32 Å². The molecule has 0 bridgehead atoms. The van der Waals surface area contributed by atoms with E-state index in [-0.39, 0.29) is 11.4 Å². The molecule has 0 aliphatic rings. The van der Waals surface area contributed by atoms with Crippen LogP contribution >= 0.6 is 0 Å². The third-order valence-corrected chi connectivity index (χ3v) is 4.23. The van der Waals surface area contributed by atoms with Crippen LogP contribution in [0.1, 0.15) is 28.8 Å². The van der Waals surface area contributed by atoms with Crippen molar-refractivity contribution in [2.75, 3.05) is 5.32 Å². The number of pyridine rings is 1. The lowest BCUT2D eigenvalue weighted by molar-refractivity contribution is 0.102. The number of carbonyl (C=O) groups is 1. The minimum atomic E-state index is -0.521. The summed E-state index contributed by atoms with van der Waals surface area (Å²) in [6.07, 6.45) is 5.24. The smallest absolute Gasteiger partial charge is 0.275 e. The van der Waals surface area contributed by atoms with Crippen molar-refractivity contribution in [3.63, 3.8) is 0 Å². The van der Waals surface area contributed by atoms with Gasteiger partial charge in [-0.3, -0.25) is 9.36 Å². The molecule has 0 atom stereocenters. The Morgan fingerprint density at radius 1 is 1.24 bits per heavy atom. The minimum absolute atomic E-state index is 0.0957. The molecule has 4 aromatic rings. The van der Waals surface area contributed by atoms with Gasteiger partial charge in [-0.25, -0.2) is 14.4 Å². The summed E-state index contributed by atoms with van der Waals surface area (Å²) < 4.78 is 20.8. The maximum absolute atomic E-state index is 14.0. The summed E-state index contributed by atoms with van der Waals surface area (Å²) in [7, 11) is 0. The Balaban J connectivity index is 1.55. The number of amides is 1. The van der Waals surface area contributed by atoms with E-state index in [4.69, 9.17) is 4.52 Å². The molecular formula is C20H17FN6O2. The van der Waals surface area contributed by atoms with Gasteiger partial charge >= 0.3 is 0 Å². The number of nitrogens with zero attached hydrogens (tertiary/aromatic N) is 5. The molecule has 29 heavy (non-hydrogen) atoms. The maximum atomic E-state index is 14.0. The van der Waals surface area contributed by atoms with Crippen molar-refractivity contribution in [2.24, 2.45) is 0 Å². The second-order valence-electron chi connectivity index (χ2n) is 6.38. The van der Waals surface area contributed by atoms with Crippen LogP contribution in [0.2, 0.25) is 0 Å². The molecule has 0 radical (unpaired) electrons. The van der Waals surface area contributed by atoms with E-state index in [1.807, 2.05) is 6.92 Å². The van der Waals surface area contributed by atoms with E-state index in [9.17, 15) is 9.18 Å². The summed E-state index contributed by atoms with van der Waals surface area (Å²) in [5, 5.41) is 6.41. The molecular weight excluding hydrogens is 375 g/mol. The van der Waals surface area contributed by atoms with E-state index in [1.54, 1.807) is 35.9 Å². The fourth-order valence-electron chi connectivity index (χ4n) is 2.68. The highest BCUT2D eigenvalue weighted by Gasteiger charge is 2.14. The van der Waals surface area contributed by atoms with Gasteiger partial charge in [-0.1, -0.05) is 18.1 Å². The number of rotatable bonds is 5. The van der Waals surface area contributed by atoms with Crippen molar-refractivity contribution in [3.8, 4) is 17.3 Å². The highest BCUT2D eigenvalue weighted by Crippen LogP contribution is 2.20. The van der Waals surface area contributed by atoms with Gasteiger partial charge < -0.3 is 9.84 Å². The molecule has 0 aliphatic carbocycles. The topological polar surface area (TPSA) is 98.7 Å². The lowest BCUT2D eigenvalue weighted by Crippen LogP contribution is -2.13. The number of imidazole rings is 1. The zero-order valence-corrected chi connectivity index (χ0v) is 15.8. The van der Waals surface area contributed by atoms with Crippen molar-refractivity contribution in [1.29, 1.82) is 0 Å². The number of nitrogens with one attached hydrogen (secondary N) is 1. The molecule has 8 nitrogen and oxygen atoms in total. The molecule has 0 unspecified atom stereocenters. The lowest BCUT2D eigenvalue weighted by atomic mass is 10.2. The summed E-state index contributed by atoms with van der Waals surface area (Å²) in [5.74, 6) is 0.499. The quantitative estimate of drug-likeness (QED) is 0.557. The highest BCUT2D eigenvalue weighted by molar-refractivity contribution is 6.02. The normalized spacial score (nSPS) is 10.9. The van der Waals surface area contributed by atoms with E-state index < -0.39 is 11.7 Å². The molecule has 3 aromatic heterocycles. The average Bonchev–Trinajstić information content (AvgIpc) is 3.40. The summed E-state index contributed by atoms with van der Waals surface area (Å²) in [4.78, 5) is 25.1. The molecule has 0 saturated carbocycles. The largest absolute Gasteiger partial charge is 0.334 e. The van der Waals surface area contributed by atoms with Gasteiger partial charge in [0.2, 0.25) is 0 Å². The first kappa shape index (κ1) is 18.5. The van der Waals surface area contributed by atoms with Crippen molar-refractivity contribution in [2.45, 2.75) is 20.3 Å². The lowest BCUT2D eigenvalue weighted by Gasteiger charge is -2.05. The van der Waals surface area contributed by atoms with Crippen LogP contribution in [0.25, 0.3) is 17.3 Å². The van der Waals surface area contributed by atoms with E-state index in [0.717, 1.165) is 5.56 Å². The summed E-state index contributed by atoms with van der Waals surface area (Å²) in [6, 6.07) is 8.08. The van der Waals surface area contributed by atoms with Crippen LogP contribution in [0.5, 0.6) is 0 Å². The number of halogens is 1. The first-order chi connectivity index (χ1) is 14.0. The molecule has 146 valence electrons. The molecule has 1 amide bonds. The summed E-state index contributed by atoms with van der Waals surface area (Å²) in [5.41, 5.74) is 1.69. The molecule has 0 aliphatic heterocycles. The highest BCUT2D eigenvalue weighted by atomic mass is 19.1. The van der Waals surface area contributed by atoms with Crippen LogP contribution in [-0.2, 0) is 6.42 Å². The van der Waals surface area contributed by atoms with Gasteiger partial charge in [-0.15, -0.1) is 0 Å². The number of carbonyl (C=O) groups excluding carboxylic acids is 1. The predicted octanol–water partition coefficient (Wildman–Crippen LogP) is 3.58. The van der Waals surface area contributed by atoms with Crippen molar-refractivity contribution in [1.82, 2.24) is 24.7 Å². The van der Waals surface area contributed by atoms with E-state index in [0.29, 0.717) is 29.5 Å². The standard InChI is InChI=1S/C20H17FN6O2/c1-3-17-25-20(29-26-17)13-6-7-22-18(9-13)27-10-16(23-11-27)19(28)24-15-5-4-12(2)8-14(15)21/h4-11H,3H2,1-2H3,(H,24,28). The average molecular weight is 392 g/mol. The second-order valence-corrected chi connectivity index (χ2v) is 6.38. The molecule has 0 fully saturated rings. The Kier molecular flexibility index (Phi) is 4.86. The monoisotopic (exact) mass is 392 g/mol.